The molecule has 0 atom stereocenters. The van der Waals surface area contributed by atoms with Gasteiger partial charge in [-0.1, -0.05) is 30.3 Å². The maximum absolute atomic E-state index is 12.6. The Kier molecular flexibility index (Phi) is 4.89. The molecule has 0 aliphatic carbocycles. The monoisotopic (exact) mass is 403 g/mol. The number of nitrogens with zero attached hydrogens (tertiary/aromatic N) is 3. The van der Waals surface area contributed by atoms with Crippen molar-refractivity contribution in [1.82, 2.24) is 9.13 Å². The molecule has 30 heavy (non-hydrogen) atoms. The first-order valence-corrected chi connectivity index (χ1v) is 9.13. The minimum atomic E-state index is -0.715. The van der Waals surface area contributed by atoms with Crippen molar-refractivity contribution < 1.29 is 14.5 Å². The van der Waals surface area contributed by atoms with Gasteiger partial charge < -0.3 is 9.30 Å². The molecule has 0 amide bonds. The molecular formula is C22H17N3O5. The second-order valence-corrected chi connectivity index (χ2v) is 6.84. The molecule has 0 aliphatic rings. The van der Waals surface area contributed by atoms with Gasteiger partial charge in [0.15, 0.2) is 0 Å². The standard InChI is InChI=1S/C22H17N3O5/c1-23-12-16(11-15-5-3-2-4-6-15)19-13-24(14-20(19)21(23)26)22(27)30-18-9-7-17(8-10-18)25(28)29/h2-10,12-14H,11H2,1H3. The van der Waals surface area contributed by atoms with E-state index in [1.807, 2.05) is 30.3 Å². The van der Waals surface area contributed by atoms with Crippen LogP contribution >= 0.6 is 0 Å². The lowest BCUT2D eigenvalue weighted by Gasteiger charge is -2.06. The number of fused-ring (bicyclic) bond motifs is 1. The fourth-order valence-electron chi connectivity index (χ4n) is 3.28. The van der Waals surface area contributed by atoms with Crippen LogP contribution in [0.1, 0.15) is 11.1 Å². The summed E-state index contributed by atoms with van der Waals surface area (Å²) in [5, 5.41) is 11.8. The number of nitro groups is 1. The number of non-ortho nitro benzene ring substituents is 1. The summed E-state index contributed by atoms with van der Waals surface area (Å²) >= 11 is 0. The number of rotatable bonds is 4. The molecule has 0 fully saturated rings. The van der Waals surface area contributed by atoms with Gasteiger partial charge in [-0.05, 0) is 29.7 Å². The lowest BCUT2D eigenvalue weighted by atomic mass is 10.0. The smallest absolute Gasteiger partial charge is 0.410 e. The first kappa shape index (κ1) is 19.1. The van der Waals surface area contributed by atoms with Gasteiger partial charge in [0.1, 0.15) is 5.75 Å². The van der Waals surface area contributed by atoms with Crippen molar-refractivity contribution in [3.63, 3.8) is 0 Å². The Hall–Kier alpha value is -4.20. The maximum Gasteiger partial charge on any atom is 0.423 e. The Balaban J connectivity index is 1.67. The lowest BCUT2D eigenvalue weighted by molar-refractivity contribution is -0.384. The van der Waals surface area contributed by atoms with E-state index in [9.17, 15) is 19.7 Å². The third-order valence-electron chi connectivity index (χ3n) is 4.77. The third-order valence-corrected chi connectivity index (χ3v) is 4.77. The van der Waals surface area contributed by atoms with E-state index in [0.29, 0.717) is 17.2 Å². The SMILES string of the molecule is Cn1cc(Cc2ccccc2)c2cn(C(=O)Oc3ccc([N+](=O)[O-])cc3)cc2c1=O. The highest BCUT2D eigenvalue weighted by atomic mass is 16.6. The second-order valence-electron chi connectivity index (χ2n) is 6.84. The van der Waals surface area contributed by atoms with Crippen LogP contribution in [0, 0.1) is 10.1 Å². The number of pyridine rings is 1. The number of carbonyl (C=O) groups is 1. The van der Waals surface area contributed by atoms with E-state index in [4.69, 9.17) is 4.74 Å². The van der Waals surface area contributed by atoms with Crippen LogP contribution in [0.5, 0.6) is 5.75 Å². The summed E-state index contributed by atoms with van der Waals surface area (Å²) < 4.78 is 7.99. The number of ether oxygens (including phenoxy) is 1. The van der Waals surface area contributed by atoms with Gasteiger partial charge in [0, 0.05) is 43.2 Å². The number of nitro benzene ring substituents is 1. The van der Waals surface area contributed by atoms with Crippen LogP contribution in [0.3, 0.4) is 0 Å². The summed E-state index contributed by atoms with van der Waals surface area (Å²) in [6.45, 7) is 0. The molecule has 8 nitrogen and oxygen atoms in total. The largest absolute Gasteiger partial charge is 0.423 e. The van der Waals surface area contributed by atoms with Gasteiger partial charge in [0.25, 0.3) is 11.2 Å². The molecule has 8 heteroatoms. The highest BCUT2D eigenvalue weighted by molar-refractivity contribution is 5.89. The van der Waals surface area contributed by atoms with Crippen molar-refractivity contribution in [3.05, 3.63) is 105 Å². The minimum Gasteiger partial charge on any atom is -0.410 e. The Morgan fingerprint density at radius 2 is 1.67 bits per heavy atom. The van der Waals surface area contributed by atoms with Crippen molar-refractivity contribution in [2.75, 3.05) is 0 Å². The van der Waals surface area contributed by atoms with Crippen molar-refractivity contribution in [2.24, 2.45) is 7.05 Å². The Labute approximate surface area is 170 Å². The fourth-order valence-corrected chi connectivity index (χ4v) is 3.28. The molecule has 0 saturated carbocycles. The highest BCUT2D eigenvalue weighted by Gasteiger charge is 2.15. The molecule has 0 aliphatic heterocycles. The Bertz CT molecular complexity index is 1300. The molecule has 4 aromatic rings. The van der Waals surface area contributed by atoms with Crippen LogP contribution in [0.25, 0.3) is 10.8 Å². The minimum absolute atomic E-state index is 0.101. The van der Waals surface area contributed by atoms with Crippen molar-refractivity contribution in [1.29, 1.82) is 0 Å². The average Bonchev–Trinajstić information content (AvgIpc) is 3.19. The van der Waals surface area contributed by atoms with Gasteiger partial charge in [0.05, 0.1) is 10.3 Å². The zero-order valence-corrected chi connectivity index (χ0v) is 16.0. The zero-order chi connectivity index (χ0) is 21.3. The Morgan fingerprint density at radius 1 is 1.00 bits per heavy atom. The third kappa shape index (κ3) is 3.70. The number of hydrogen-bond acceptors (Lipinski definition) is 5. The van der Waals surface area contributed by atoms with Gasteiger partial charge in [0.2, 0.25) is 0 Å². The molecule has 4 rings (SSSR count). The fraction of sp³-hybridized carbons (Fsp3) is 0.0909. The van der Waals surface area contributed by atoms with E-state index in [0.717, 1.165) is 11.1 Å². The normalized spacial score (nSPS) is 10.8. The summed E-state index contributed by atoms with van der Waals surface area (Å²) in [5.74, 6) is 0.167. The van der Waals surface area contributed by atoms with E-state index < -0.39 is 11.0 Å². The zero-order valence-electron chi connectivity index (χ0n) is 16.0. The molecule has 0 spiro atoms. The lowest BCUT2D eigenvalue weighted by Crippen LogP contribution is -2.17. The summed E-state index contributed by atoms with van der Waals surface area (Å²) in [6.07, 6.45) is 4.67. The van der Waals surface area contributed by atoms with Gasteiger partial charge >= 0.3 is 6.09 Å². The van der Waals surface area contributed by atoms with Gasteiger partial charge in [-0.2, -0.15) is 0 Å². The molecule has 2 aromatic carbocycles. The molecule has 150 valence electrons. The van der Waals surface area contributed by atoms with E-state index in [2.05, 4.69) is 0 Å². The highest BCUT2D eigenvalue weighted by Crippen LogP contribution is 2.22. The molecule has 2 heterocycles. The maximum atomic E-state index is 12.6. The van der Waals surface area contributed by atoms with E-state index in [1.165, 1.54) is 39.6 Å². The van der Waals surface area contributed by atoms with Gasteiger partial charge in [-0.15, -0.1) is 0 Å². The van der Waals surface area contributed by atoms with Crippen molar-refractivity contribution >= 4 is 22.6 Å². The average molecular weight is 403 g/mol. The van der Waals surface area contributed by atoms with Crippen LogP contribution in [-0.4, -0.2) is 20.2 Å². The van der Waals surface area contributed by atoms with Gasteiger partial charge in [-0.25, -0.2) is 4.79 Å². The van der Waals surface area contributed by atoms with E-state index >= 15 is 0 Å². The van der Waals surface area contributed by atoms with E-state index in [-0.39, 0.29) is 17.0 Å². The molecule has 0 saturated heterocycles. The summed E-state index contributed by atoms with van der Waals surface area (Å²) in [5.41, 5.74) is 1.66. The van der Waals surface area contributed by atoms with Crippen molar-refractivity contribution in [2.45, 2.75) is 6.42 Å². The molecular weight excluding hydrogens is 386 g/mol. The van der Waals surface area contributed by atoms with Gasteiger partial charge in [-0.3, -0.25) is 19.5 Å². The number of aromatic nitrogens is 2. The molecule has 2 aromatic heterocycles. The second kappa shape index (κ2) is 7.67. The van der Waals surface area contributed by atoms with Crippen LogP contribution in [0.15, 0.2) is 78.0 Å². The molecule has 0 radical (unpaired) electrons. The quantitative estimate of drug-likeness (QED) is 0.380. The number of carbonyl (C=O) groups excluding carboxylic acids is 1. The summed E-state index contributed by atoms with van der Waals surface area (Å²) in [4.78, 5) is 35.3. The first-order valence-electron chi connectivity index (χ1n) is 9.13. The van der Waals surface area contributed by atoms with Crippen LogP contribution in [0.2, 0.25) is 0 Å². The predicted octanol–water partition coefficient (Wildman–Crippen LogP) is 3.89. The van der Waals surface area contributed by atoms with Crippen LogP contribution < -0.4 is 10.3 Å². The first-order chi connectivity index (χ1) is 14.4. The number of aryl methyl sites for hydroxylation is 1. The van der Waals surface area contributed by atoms with Crippen LogP contribution in [-0.2, 0) is 13.5 Å². The molecule has 0 bridgehead atoms. The Morgan fingerprint density at radius 3 is 2.33 bits per heavy atom. The number of benzene rings is 2. The van der Waals surface area contributed by atoms with Crippen molar-refractivity contribution in [3.8, 4) is 5.75 Å². The topological polar surface area (TPSA) is 96.4 Å². The molecule has 0 unspecified atom stereocenters. The van der Waals surface area contributed by atoms with E-state index in [1.54, 1.807) is 19.4 Å². The number of hydrogen-bond donors (Lipinski definition) is 0. The molecule has 0 N–H and O–H groups in total. The summed E-state index contributed by atoms with van der Waals surface area (Å²) in [6, 6.07) is 15.0. The van der Waals surface area contributed by atoms with Crippen LogP contribution in [0.4, 0.5) is 10.5 Å². The summed E-state index contributed by atoms with van der Waals surface area (Å²) in [7, 11) is 1.67. The predicted molar refractivity (Wildman–Crippen MR) is 111 cm³/mol.